The van der Waals surface area contributed by atoms with Gasteiger partial charge in [0.25, 0.3) is 0 Å². The highest BCUT2D eigenvalue weighted by molar-refractivity contribution is 7.97. The fourth-order valence-corrected chi connectivity index (χ4v) is 2.61. The van der Waals surface area contributed by atoms with Crippen LogP contribution in [0.4, 0.5) is 5.69 Å². The zero-order valence-corrected chi connectivity index (χ0v) is 10.6. The third kappa shape index (κ3) is 3.48. The lowest BCUT2D eigenvalue weighted by Crippen LogP contribution is -2.24. The van der Waals surface area contributed by atoms with Crippen LogP contribution in [0.5, 0.6) is 0 Å². The maximum absolute atomic E-state index is 12.0. The first-order valence-corrected chi connectivity index (χ1v) is 6.95. The quantitative estimate of drug-likeness (QED) is 0.810. The normalized spacial score (nSPS) is 16.8. The van der Waals surface area contributed by atoms with E-state index in [4.69, 9.17) is 5.14 Å². The summed E-state index contributed by atoms with van der Waals surface area (Å²) in [5.41, 5.74) is 0.844. The van der Waals surface area contributed by atoms with E-state index in [-0.39, 0.29) is 11.8 Å². The lowest BCUT2D eigenvalue weighted by molar-refractivity contribution is -0.120. The van der Waals surface area contributed by atoms with Gasteiger partial charge in [0.05, 0.1) is 0 Å². The van der Waals surface area contributed by atoms with Crippen LogP contribution in [0.2, 0.25) is 0 Å². The van der Waals surface area contributed by atoms with Gasteiger partial charge in [0, 0.05) is 16.5 Å². The van der Waals surface area contributed by atoms with Crippen molar-refractivity contribution in [2.24, 2.45) is 11.1 Å². The lowest BCUT2D eigenvalue weighted by Gasteiger charge is -2.20. The molecule has 3 nitrogen and oxygen atoms in total. The molecule has 1 aromatic carbocycles. The van der Waals surface area contributed by atoms with E-state index in [0.29, 0.717) is 0 Å². The topological polar surface area (TPSA) is 55.1 Å². The molecule has 0 atom stereocenters. The summed E-state index contributed by atoms with van der Waals surface area (Å²) < 4.78 is 0. The average Bonchev–Trinajstić information content (AvgIpc) is 2.40. The van der Waals surface area contributed by atoms with Crippen molar-refractivity contribution in [2.75, 3.05) is 5.32 Å². The van der Waals surface area contributed by atoms with Gasteiger partial charge in [-0.1, -0.05) is 25.3 Å². The van der Waals surface area contributed by atoms with Crippen molar-refractivity contribution < 1.29 is 4.79 Å². The summed E-state index contributed by atoms with van der Waals surface area (Å²) in [5.74, 6) is 0.349. The molecule has 1 amide bonds. The summed E-state index contributed by atoms with van der Waals surface area (Å²) in [7, 11) is 0. The van der Waals surface area contributed by atoms with Crippen LogP contribution < -0.4 is 10.5 Å². The molecular weight excluding hydrogens is 232 g/mol. The second-order valence-electron chi connectivity index (χ2n) is 4.47. The SMILES string of the molecule is NSc1cccc(NC(=O)C2CCCCC2)c1. The van der Waals surface area contributed by atoms with Gasteiger partial charge in [0.1, 0.15) is 0 Å². The average molecular weight is 250 g/mol. The first-order valence-electron chi connectivity index (χ1n) is 6.07. The Kier molecular flexibility index (Phi) is 4.45. The molecule has 4 heteroatoms. The molecule has 17 heavy (non-hydrogen) atoms. The smallest absolute Gasteiger partial charge is 0.227 e. The van der Waals surface area contributed by atoms with Crippen molar-refractivity contribution in [3.8, 4) is 0 Å². The highest BCUT2D eigenvalue weighted by Gasteiger charge is 2.20. The van der Waals surface area contributed by atoms with Crippen molar-refractivity contribution in [3.63, 3.8) is 0 Å². The summed E-state index contributed by atoms with van der Waals surface area (Å²) in [6.45, 7) is 0. The highest BCUT2D eigenvalue weighted by Crippen LogP contribution is 2.25. The van der Waals surface area contributed by atoms with Gasteiger partial charge in [-0.3, -0.25) is 9.93 Å². The Morgan fingerprint density at radius 2 is 2.06 bits per heavy atom. The summed E-state index contributed by atoms with van der Waals surface area (Å²) in [6, 6.07) is 7.65. The number of rotatable bonds is 3. The van der Waals surface area contributed by atoms with Gasteiger partial charge in [-0.25, -0.2) is 0 Å². The number of carbonyl (C=O) groups is 1. The Labute approximate surface area is 106 Å². The van der Waals surface area contributed by atoms with E-state index >= 15 is 0 Å². The van der Waals surface area contributed by atoms with Crippen LogP contribution in [-0.2, 0) is 4.79 Å². The summed E-state index contributed by atoms with van der Waals surface area (Å²) in [5, 5.41) is 8.47. The van der Waals surface area contributed by atoms with E-state index in [1.165, 1.54) is 31.2 Å². The first kappa shape index (κ1) is 12.5. The lowest BCUT2D eigenvalue weighted by atomic mass is 9.88. The number of hydrogen-bond acceptors (Lipinski definition) is 3. The van der Waals surface area contributed by atoms with Gasteiger partial charge in [-0.15, -0.1) is 0 Å². The van der Waals surface area contributed by atoms with Gasteiger partial charge in [-0.2, -0.15) is 0 Å². The third-order valence-electron chi connectivity index (χ3n) is 3.21. The zero-order chi connectivity index (χ0) is 12.1. The molecule has 1 aliphatic rings. The van der Waals surface area contributed by atoms with E-state index < -0.39 is 0 Å². The number of anilines is 1. The Balaban J connectivity index is 1.96. The number of amides is 1. The Morgan fingerprint density at radius 3 is 2.76 bits per heavy atom. The van der Waals surface area contributed by atoms with E-state index in [0.717, 1.165) is 23.4 Å². The van der Waals surface area contributed by atoms with Crippen molar-refractivity contribution in [1.82, 2.24) is 0 Å². The number of hydrogen-bond donors (Lipinski definition) is 2. The monoisotopic (exact) mass is 250 g/mol. The van der Waals surface area contributed by atoms with Gasteiger partial charge in [0.2, 0.25) is 5.91 Å². The largest absolute Gasteiger partial charge is 0.326 e. The molecule has 3 N–H and O–H groups in total. The van der Waals surface area contributed by atoms with Gasteiger partial charge < -0.3 is 5.32 Å². The predicted octanol–water partition coefficient (Wildman–Crippen LogP) is 3.17. The molecule has 0 unspecified atom stereocenters. The molecule has 0 heterocycles. The molecule has 1 fully saturated rings. The van der Waals surface area contributed by atoms with Crippen LogP contribution in [0, 0.1) is 5.92 Å². The van der Waals surface area contributed by atoms with Crippen molar-refractivity contribution in [3.05, 3.63) is 24.3 Å². The number of nitrogens with one attached hydrogen (secondary N) is 1. The van der Waals surface area contributed by atoms with Crippen LogP contribution in [0.25, 0.3) is 0 Å². The summed E-state index contributed by atoms with van der Waals surface area (Å²) in [6.07, 6.45) is 5.67. The molecule has 0 saturated heterocycles. The molecule has 2 rings (SSSR count). The molecular formula is C13H18N2OS. The minimum Gasteiger partial charge on any atom is -0.326 e. The first-order chi connectivity index (χ1) is 8.29. The number of benzene rings is 1. The van der Waals surface area contributed by atoms with E-state index in [2.05, 4.69) is 5.32 Å². The number of carbonyl (C=O) groups excluding carboxylic acids is 1. The third-order valence-corrected chi connectivity index (χ3v) is 3.74. The second-order valence-corrected chi connectivity index (χ2v) is 5.18. The summed E-state index contributed by atoms with van der Waals surface area (Å²) >= 11 is 1.19. The Bertz CT molecular complexity index is 389. The fraction of sp³-hybridized carbons (Fsp3) is 0.462. The molecule has 1 saturated carbocycles. The molecule has 92 valence electrons. The van der Waals surface area contributed by atoms with Crippen LogP contribution in [0.15, 0.2) is 29.2 Å². The zero-order valence-electron chi connectivity index (χ0n) is 9.82. The van der Waals surface area contributed by atoms with Gasteiger partial charge in [0.15, 0.2) is 0 Å². The van der Waals surface area contributed by atoms with E-state index in [1.807, 2.05) is 24.3 Å². The maximum atomic E-state index is 12.0. The fourth-order valence-electron chi connectivity index (χ4n) is 2.26. The van der Waals surface area contributed by atoms with E-state index in [1.54, 1.807) is 0 Å². The van der Waals surface area contributed by atoms with E-state index in [9.17, 15) is 4.79 Å². The number of nitrogens with two attached hydrogens (primary N) is 1. The van der Waals surface area contributed by atoms with Crippen molar-refractivity contribution >= 4 is 23.5 Å². The van der Waals surface area contributed by atoms with Crippen LogP contribution in [0.1, 0.15) is 32.1 Å². The molecule has 0 radical (unpaired) electrons. The molecule has 0 bridgehead atoms. The molecule has 0 aromatic heterocycles. The molecule has 1 aromatic rings. The van der Waals surface area contributed by atoms with Gasteiger partial charge in [-0.05, 0) is 43.0 Å². The van der Waals surface area contributed by atoms with Gasteiger partial charge >= 0.3 is 0 Å². The molecule has 0 aliphatic heterocycles. The minimum absolute atomic E-state index is 0.156. The van der Waals surface area contributed by atoms with Crippen molar-refractivity contribution in [1.29, 1.82) is 0 Å². The van der Waals surface area contributed by atoms with Crippen LogP contribution >= 0.6 is 11.9 Å². The highest BCUT2D eigenvalue weighted by atomic mass is 32.2. The molecule has 0 spiro atoms. The standard InChI is InChI=1S/C13H18N2OS/c14-17-12-8-4-7-11(9-12)15-13(16)10-5-2-1-3-6-10/h4,7-10H,1-3,5-6,14H2,(H,15,16). The van der Waals surface area contributed by atoms with Crippen LogP contribution in [-0.4, -0.2) is 5.91 Å². The maximum Gasteiger partial charge on any atom is 0.227 e. The predicted molar refractivity (Wildman–Crippen MR) is 71.7 cm³/mol. The Hall–Kier alpha value is -1.00. The summed E-state index contributed by atoms with van der Waals surface area (Å²) in [4.78, 5) is 13.0. The molecule has 1 aliphatic carbocycles. The Morgan fingerprint density at radius 1 is 1.29 bits per heavy atom. The van der Waals surface area contributed by atoms with Crippen LogP contribution in [0.3, 0.4) is 0 Å². The second kappa shape index (κ2) is 6.07. The minimum atomic E-state index is 0.156. The van der Waals surface area contributed by atoms with Crippen molar-refractivity contribution in [2.45, 2.75) is 37.0 Å².